The standard InChI is InChI=1S/C15H19N3O2S/c1-2-3-9-12(14(19)20)16-15-18-17-13(21-15)10-11-7-5-4-6-8-11/h4-8,12H,2-3,9-10H2,1H3,(H,16,18)(H,19,20). The summed E-state index contributed by atoms with van der Waals surface area (Å²) in [6.07, 6.45) is 3.16. The zero-order valence-corrected chi connectivity index (χ0v) is 12.8. The van der Waals surface area contributed by atoms with Gasteiger partial charge in [0.1, 0.15) is 11.0 Å². The van der Waals surface area contributed by atoms with E-state index in [-0.39, 0.29) is 0 Å². The van der Waals surface area contributed by atoms with Crippen LogP contribution in [0.3, 0.4) is 0 Å². The third-order valence-electron chi connectivity index (χ3n) is 3.11. The fourth-order valence-electron chi connectivity index (χ4n) is 1.97. The van der Waals surface area contributed by atoms with Crippen LogP contribution in [0.2, 0.25) is 0 Å². The molecule has 1 unspecified atom stereocenters. The van der Waals surface area contributed by atoms with Gasteiger partial charge in [-0.25, -0.2) is 4.79 Å². The van der Waals surface area contributed by atoms with Crippen molar-refractivity contribution in [1.29, 1.82) is 0 Å². The Bertz CT molecular complexity index is 571. The number of nitrogens with one attached hydrogen (secondary N) is 1. The fourth-order valence-corrected chi connectivity index (χ4v) is 2.80. The highest BCUT2D eigenvalue weighted by Crippen LogP contribution is 2.20. The van der Waals surface area contributed by atoms with Crippen LogP contribution >= 0.6 is 11.3 Å². The molecule has 0 saturated carbocycles. The Morgan fingerprint density at radius 3 is 2.76 bits per heavy atom. The first-order valence-electron chi connectivity index (χ1n) is 7.04. The zero-order chi connectivity index (χ0) is 15.1. The van der Waals surface area contributed by atoms with Crippen LogP contribution in [0.25, 0.3) is 0 Å². The van der Waals surface area contributed by atoms with Crippen LogP contribution < -0.4 is 5.32 Å². The summed E-state index contributed by atoms with van der Waals surface area (Å²) < 4.78 is 0. The largest absolute Gasteiger partial charge is 0.480 e. The van der Waals surface area contributed by atoms with E-state index >= 15 is 0 Å². The van der Waals surface area contributed by atoms with Crippen molar-refractivity contribution >= 4 is 22.4 Å². The summed E-state index contributed by atoms with van der Waals surface area (Å²) in [6, 6.07) is 9.43. The van der Waals surface area contributed by atoms with Crippen LogP contribution in [0.4, 0.5) is 5.13 Å². The summed E-state index contributed by atoms with van der Waals surface area (Å²) in [4.78, 5) is 11.2. The van der Waals surface area contributed by atoms with Gasteiger partial charge in [-0.3, -0.25) is 0 Å². The van der Waals surface area contributed by atoms with Gasteiger partial charge in [-0.15, -0.1) is 10.2 Å². The molecule has 2 aromatic rings. The average Bonchev–Trinajstić information content (AvgIpc) is 2.91. The second-order valence-electron chi connectivity index (χ2n) is 4.84. The Hall–Kier alpha value is -1.95. The van der Waals surface area contributed by atoms with Gasteiger partial charge in [0.25, 0.3) is 0 Å². The van der Waals surface area contributed by atoms with E-state index in [1.807, 2.05) is 37.3 Å². The van der Waals surface area contributed by atoms with Crippen molar-refractivity contribution in [3.63, 3.8) is 0 Å². The van der Waals surface area contributed by atoms with Gasteiger partial charge < -0.3 is 10.4 Å². The van der Waals surface area contributed by atoms with Crippen LogP contribution in [0.1, 0.15) is 36.8 Å². The minimum atomic E-state index is -0.844. The predicted octanol–water partition coefficient (Wildman–Crippen LogP) is 3.18. The molecule has 6 heteroatoms. The Labute approximate surface area is 128 Å². The maximum Gasteiger partial charge on any atom is 0.326 e. The molecule has 0 saturated heterocycles. The van der Waals surface area contributed by atoms with E-state index in [0.717, 1.165) is 17.8 Å². The van der Waals surface area contributed by atoms with Crippen molar-refractivity contribution in [3.8, 4) is 0 Å². The number of nitrogens with zero attached hydrogens (tertiary/aromatic N) is 2. The summed E-state index contributed by atoms with van der Waals surface area (Å²) >= 11 is 1.41. The fraction of sp³-hybridized carbons (Fsp3) is 0.400. The number of benzene rings is 1. The van der Waals surface area contributed by atoms with E-state index in [4.69, 9.17) is 0 Å². The van der Waals surface area contributed by atoms with Crippen LogP contribution in [-0.4, -0.2) is 27.3 Å². The molecule has 1 heterocycles. The molecule has 0 radical (unpaired) electrons. The first-order chi connectivity index (χ1) is 10.2. The number of hydrogen-bond acceptors (Lipinski definition) is 5. The maximum atomic E-state index is 11.2. The smallest absolute Gasteiger partial charge is 0.326 e. The highest BCUT2D eigenvalue weighted by Gasteiger charge is 2.18. The van der Waals surface area contributed by atoms with Gasteiger partial charge >= 0.3 is 5.97 Å². The molecule has 0 aliphatic rings. The van der Waals surface area contributed by atoms with Gasteiger partial charge in [0.05, 0.1) is 0 Å². The summed E-state index contributed by atoms with van der Waals surface area (Å²) in [5.41, 5.74) is 1.17. The first-order valence-corrected chi connectivity index (χ1v) is 7.86. The van der Waals surface area contributed by atoms with Crippen molar-refractivity contribution in [2.24, 2.45) is 0 Å². The minimum absolute atomic E-state index is 0.574. The number of carbonyl (C=O) groups is 1. The molecule has 21 heavy (non-hydrogen) atoms. The molecule has 1 atom stereocenters. The normalized spacial score (nSPS) is 12.0. The lowest BCUT2D eigenvalue weighted by Crippen LogP contribution is -2.29. The van der Waals surface area contributed by atoms with Gasteiger partial charge in [-0.05, 0) is 12.0 Å². The van der Waals surface area contributed by atoms with E-state index in [1.165, 1.54) is 16.9 Å². The molecule has 2 N–H and O–H groups in total. The molecule has 0 spiro atoms. The van der Waals surface area contributed by atoms with Crippen LogP contribution in [0, 0.1) is 0 Å². The minimum Gasteiger partial charge on any atom is -0.480 e. The molecule has 0 amide bonds. The number of rotatable bonds is 8. The van der Waals surface area contributed by atoms with Crippen molar-refractivity contribution in [1.82, 2.24) is 10.2 Å². The average molecular weight is 305 g/mol. The molecular formula is C15H19N3O2S. The lowest BCUT2D eigenvalue weighted by molar-refractivity contribution is -0.138. The van der Waals surface area contributed by atoms with Crippen LogP contribution in [0.15, 0.2) is 30.3 Å². The summed E-state index contributed by atoms with van der Waals surface area (Å²) in [5, 5.41) is 21.8. The number of carboxylic acids is 1. The summed E-state index contributed by atoms with van der Waals surface area (Å²) in [5.74, 6) is -0.844. The molecular weight excluding hydrogens is 286 g/mol. The van der Waals surface area contributed by atoms with E-state index in [9.17, 15) is 9.90 Å². The highest BCUT2D eigenvalue weighted by molar-refractivity contribution is 7.15. The second-order valence-corrected chi connectivity index (χ2v) is 5.90. The SMILES string of the molecule is CCCCC(Nc1nnc(Cc2ccccc2)s1)C(=O)O. The molecule has 1 aromatic carbocycles. The van der Waals surface area contributed by atoms with Crippen LogP contribution in [0.5, 0.6) is 0 Å². The van der Waals surface area contributed by atoms with Gasteiger partial charge in [0.15, 0.2) is 0 Å². The number of anilines is 1. The third kappa shape index (κ3) is 4.82. The monoisotopic (exact) mass is 305 g/mol. The van der Waals surface area contributed by atoms with Crippen molar-refractivity contribution in [2.75, 3.05) is 5.32 Å². The number of aromatic nitrogens is 2. The maximum absolute atomic E-state index is 11.2. The molecule has 0 aliphatic heterocycles. The molecule has 0 bridgehead atoms. The number of aliphatic carboxylic acids is 1. The van der Waals surface area contributed by atoms with E-state index < -0.39 is 12.0 Å². The second kappa shape index (κ2) is 7.73. The third-order valence-corrected chi connectivity index (χ3v) is 3.96. The topological polar surface area (TPSA) is 75.1 Å². The van der Waals surface area contributed by atoms with Gasteiger partial charge in [0.2, 0.25) is 5.13 Å². The predicted molar refractivity (Wildman–Crippen MR) is 83.7 cm³/mol. The highest BCUT2D eigenvalue weighted by atomic mass is 32.1. The van der Waals surface area contributed by atoms with Gasteiger partial charge in [-0.2, -0.15) is 0 Å². The Morgan fingerprint density at radius 1 is 1.33 bits per heavy atom. The van der Waals surface area contributed by atoms with E-state index in [0.29, 0.717) is 18.0 Å². The zero-order valence-electron chi connectivity index (χ0n) is 12.0. The van der Waals surface area contributed by atoms with Crippen LogP contribution in [-0.2, 0) is 11.2 Å². The molecule has 5 nitrogen and oxygen atoms in total. The van der Waals surface area contributed by atoms with E-state index in [1.54, 1.807) is 0 Å². The van der Waals surface area contributed by atoms with E-state index in [2.05, 4.69) is 15.5 Å². The Morgan fingerprint density at radius 2 is 2.10 bits per heavy atom. The Kier molecular flexibility index (Phi) is 5.68. The lowest BCUT2D eigenvalue weighted by atomic mass is 10.1. The summed E-state index contributed by atoms with van der Waals surface area (Å²) in [7, 11) is 0. The lowest BCUT2D eigenvalue weighted by Gasteiger charge is -2.12. The van der Waals surface area contributed by atoms with Gasteiger partial charge in [-0.1, -0.05) is 61.4 Å². The van der Waals surface area contributed by atoms with Crippen molar-refractivity contribution < 1.29 is 9.90 Å². The number of carboxylic acid groups (broad SMARTS) is 1. The molecule has 112 valence electrons. The van der Waals surface area contributed by atoms with Crippen molar-refractivity contribution in [3.05, 3.63) is 40.9 Å². The molecule has 0 fully saturated rings. The molecule has 1 aromatic heterocycles. The number of unbranched alkanes of at least 4 members (excludes halogenated alkanes) is 1. The van der Waals surface area contributed by atoms with Gasteiger partial charge in [0, 0.05) is 6.42 Å². The quantitative estimate of drug-likeness (QED) is 0.783. The summed E-state index contributed by atoms with van der Waals surface area (Å²) in [6.45, 7) is 2.04. The number of hydrogen-bond donors (Lipinski definition) is 2. The first kappa shape index (κ1) is 15.4. The Balaban J connectivity index is 1.97. The van der Waals surface area contributed by atoms with Crippen molar-refractivity contribution in [2.45, 2.75) is 38.6 Å². The molecule has 0 aliphatic carbocycles. The molecule has 2 rings (SSSR count).